The van der Waals surface area contributed by atoms with Crippen LogP contribution in [-0.2, 0) is 11.3 Å². The van der Waals surface area contributed by atoms with E-state index in [1.165, 1.54) is 6.33 Å². The lowest BCUT2D eigenvalue weighted by Crippen LogP contribution is -2.37. The average molecular weight is 272 g/mol. The Kier molecular flexibility index (Phi) is 3.98. The zero-order valence-electron chi connectivity index (χ0n) is 11.1. The smallest absolute Gasteiger partial charge is 0.230 e. The van der Waals surface area contributed by atoms with Gasteiger partial charge in [-0.2, -0.15) is 4.98 Å². The number of hydrogen-bond acceptors (Lipinski definition) is 7. The van der Waals surface area contributed by atoms with Crippen LogP contribution in [0.2, 0.25) is 0 Å². The van der Waals surface area contributed by atoms with Crippen molar-refractivity contribution in [2.45, 2.75) is 6.54 Å². The molecule has 20 heavy (non-hydrogen) atoms. The highest BCUT2D eigenvalue weighted by molar-refractivity contribution is 5.36. The van der Waals surface area contributed by atoms with Gasteiger partial charge in [0, 0.05) is 19.3 Å². The lowest BCUT2D eigenvalue weighted by molar-refractivity contribution is 0.122. The monoisotopic (exact) mass is 272 g/mol. The topological polar surface area (TPSA) is 76.1 Å². The molecule has 104 valence electrons. The molecule has 7 nitrogen and oxygen atoms in total. The van der Waals surface area contributed by atoms with E-state index in [1.54, 1.807) is 6.20 Å². The highest BCUT2D eigenvalue weighted by Crippen LogP contribution is 2.10. The van der Waals surface area contributed by atoms with Crippen LogP contribution in [-0.4, -0.2) is 46.2 Å². The van der Waals surface area contributed by atoms with Crippen LogP contribution in [0.5, 0.6) is 0 Å². The second kappa shape index (κ2) is 6.25. The fourth-order valence-corrected chi connectivity index (χ4v) is 1.96. The molecule has 1 fully saturated rings. The summed E-state index contributed by atoms with van der Waals surface area (Å²) in [6, 6.07) is 5.80. The molecular formula is C13H16N6O. The SMILES string of the molecule is c1ccc(CNc2ncnc(N3CCOCC3)n2)nc1. The Morgan fingerprint density at radius 2 is 2.05 bits per heavy atom. The summed E-state index contributed by atoms with van der Waals surface area (Å²) in [5.74, 6) is 1.25. The van der Waals surface area contributed by atoms with E-state index in [0.29, 0.717) is 31.7 Å². The molecule has 3 rings (SSSR count). The van der Waals surface area contributed by atoms with E-state index in [9.17, 15) is 0 Å². The average Bonchev–Trinajstić information content (AvgIpc) is 2.55. The van der Waals surface area contributed by atoms with Crippen LogP contribution < -0.4 is 10.2 Å². The second-order valence-corrected chi connectivity index (χ2v) is 4.38. The maximum atomic E-state index is 5.32. The number of morpholine rings is 1. The Hall–Kier alpha value is -2.28. The summed E-state index contributed by atoms with van der Waals surface area (Å²) in [7, 11) is 0. The van der Waals surface area contributed by atoms with Crippen molar-refractivity contribution in [2.75, 3.05) is 36.5 Å². The molecule has 0 amide bonds. The highest BCUT2D eigenvalue weighted by atomic mass is 16.5. The van der Waals surface area contributed by atoms with Gasteiger partial charge in [-0.15, -0.1) is 0 Å². The van der Waals surface area contributed by atoms with Crippen LogP contribution in [0.4, 0.5) is 11.9 Å². The van der Waals surface area contributed by atoms with Gasteiger partial charge < -0.3 is 15.0 Å². The first kappa shape index (κ1) is 12.7. The minimum absolute atomic E-state index is 0.562. The van der Waals surface area contributed by atoms with Crippen LogP contribution >= 0.6 is 0 Å². The molecule has 0 spiro atoms. The molecular weight excluding hydrogens is 256 g/mol. The van der Waals surface area contributed by atoms with Gasteiger partial charge >= 0.3 is 0 Å². The number of aromatic nitrogens is 4. The first-order chi connectivity index (χ1) is 9.92. The van der Waals surface area contributed by atoms with Crippen molar-refractivity contribution in [3.63, 3.8) is 0 Å². The van der Waals surface area contributed by atoms with Crippen molar-refractivity contribution in [3.8, 4) is 0 Å². The Morgan fingerprint density at radius 1 is 1.15 bits per heavy atom. The van der Waals surface area contributed by atoms with E-state index >= 15 is 0 Å². The standard InChI is InChI=1S/C13H16N6O/c1-2-4-14-11(3-1)9-15-12-16-10-17-13(18-12)19-5-7-20-8-6-19/h1-4,10H,5-9H2,(H,15,16,17,18). The quantitative estimate of drug-likeness (QED) is 0.878. The van der Waals surface area contributed by atoms with Gasteiger partial charge in [-0.05, 0) is 12.1 Å². The van der Waals surface area contributed by atoms with Gasteiger partial charge in [0.05, 0.1) is 25.5 Å². The molecule has 2 aromatic rings. The number of ether oxygens (including phenoxy) is 1. The molecule has 1 saturated heterocycles. The molecule has 0 bridgehead atoms. The number of nitrogens with one attached hydrogen (secondary N) is 1. The number of anilines is 2. The molecule has 0 atom stereocenters. The molecule has 0 aromatic carbocycles. The third kappa shape index (κ3) is 3.18. The molecule has 0 aliphatic carbocycles. The number of rotatable bonds is 4. The molecule has 2 aromatic heterocycles. The van der Waals surface area contributed by atoms with E-state index in [4.69, 9.17) is 4.74 Å². The minimum atomic E-state index is 0.562. The summed E-state index contributed by atoms with van der Waals surface area (Å²) in [6.07, 6.45) is 3.29. The lowest BCUT2D eigenvalue weighted by atomic mass is 10.3. The summed E-state index contributed by atoms with van der Waals surface area (Å²) in [5.41, 5.74) is 0.945. The fourth-order valence-electron chi connectivity index (χ4n) is 1.96. The predicted octanol–water partition coefficient (Wildman–Crippen LogP) is 0.715. The van der Waals surface area contributed by atoms with Gasteiger partial charge in [0.25, 0.3) is 0 Å². The van der Waals surface area contributed by atoms with Crippen molar-refractivity contribution < 1.29 is 4.74 Å². The van der Waals surface area contributed by atoms with Gasteiger partial charge in [-0.25, -0.2) is 9.97 Å². The molecule has 0 radical (unpaired) electrons. The van der Waals surface area contributed by atoms with Crippen molar-refractivity contribution in [1.29, 1.82) is 0 Å². The van der Waals surface area contributed by atoms with Gasteiger partial charge in [0.2, 0.25) is 11.9 Å². The number of nitrogens with zero attached hydrogens (tertiary/aromatic N) is 5. The van der Waals surface area contributed by atoms with Crippen molar-refractivity contribution >= 4 is 11.9 Å². The predicted molar refractivity (Wildman–Crippen MR) is 74.4 cm³/mol. The Morgan fingerprint density at radius 3 is 2.85 bits per heavy atom. The van der Waals surface area contributed by atoms with E-state index < -0.39 is 0 Å². The fraction of sp³-hybridized carbons (Fsp3) is 0.385. The van der Waals surface area contributed by atoms with Crippen LogP contribution in [0.15, 0.2) is 30.7 Å². The van der Waals surface area contributed by atoms with Crippen LogP contribution in [0.1, 0.15) is 5.69 Å². The number of hydrogen-bond donors (Lipinski definition) is 1. The molecule has 3 heterocycles. The Bertz CT molecular complexity index is 544. The zero-order valence-corrected chi connectivity index (χ0v) is 11.1. The zero-order chi connectivity index (χ0) is 13.6. The Labute approximate surface area is 117 Å². The summed E-state index contributed by atoms with van der Waals surface area (Å²) in [5, 5.41) is 3.16. The van der Waals surface area contributed by atoms with E-state index in [0.717, 1.165) is 18.8 Å². The lowest BCUT2D eigenvalue weighted by Gasteiger charge is -2.26. The largest absolute Gasteiger partial charge is 0.378 e. The van der Waals surface area contributed by atoms with E-state index in [-0.39, 0.29) is 0 Å². The summed E-state index contributed by atoms with van der Waals surface area (Å²) >= 11 is 0. The molecule has 7 heteroatoms. The third-order valence-electron chi connectivity index (χ3n) is 3.01. The Balaban J connectivity index is 1.65. The van der Waals surface area contributed by atoms with Gasteiger partial charge in [0.1, 0.15) is 6.33 Å². The van der Waals surface area contributed by atoms with Crippen LogP contribution in [0.3, 0.4) is 0 Å². The molecule has 1 aliphatic rings. The first-order valence-electron chi connectivity index (χ1n) is 6.57. The highest BCUT2D eigenvalue weighted by Gasteiger charge is 2.14. The molecule has 1 N–H and O–H groups in total. The van der Waals surface area contributed by atoms with Crippen LogP contribution in [0, 0.1) is 0 Å². The summed E-state index contributed by atoms with van der Waals surface area (Å²) in [6.45, 7) is 3.63. The van der Waals surface area contributed by atoms with E-state index in [1.807, 2.05) is 18.2 Å². The van der Waals surface area contributed by atoms with Crippen molar-refractivity contribution in [2.24, 2.45) is 0 Å². The van der Waals surface area contributed by atoms with E-state index in [2.05, 4.69) is 30.2 Å². The van der Waals surface area contributed by atoms with Crippen molar-refractivity contribution in [3.05, 3.63) is 36.4 Å². The first-order valence-corrected chi connectivity index (χ1v) is 6.57. The second-order valence-electron chi connectivity index (χ2n) is 4.38. The van der Waals surface area contributed by atoms with Crippen LogP contribution in [0.25, 0.3) is 0 Å². The normalized spacial score (nSPS) is 15.1. The van der Waals surface area contributed by atoms with Gasteiger partial charge in [-0.1, -0.05) is 6.07 Å². The maximum absolute atomic E-state index is 5.32. The van der Waals surface area contributed by atoms with Gasteiger partial charge in [0.15, 0.2) is 0 Å². The summed E-state index contributed by atoms with van der Waals surface area (Å²) in [4.78, 5) is 19.1. The maximum Gasteiger partial charge on any atom is 0.230 e. The number of pyridine rings is 1. The molecule has 1 aliphatic heterocycles. The summed E-state index contributed by atoms with van der Waals surface area (Å²) < 4.78 is 5.32. The molecule has 0 unspecified atom stereocenters. The minimum Gasteiger partial charge on any atom is -0.378 e. The van der Waals surface area contributed by atoms with Crippen molar-refractivity contribution in [1.82, 2.24) is 19.9 Å². The van der Waals surface area contributed by atoms with Gasteiger partial charge in [-0.3, -0.25) is 4.98 Å². The third-order valence-corrected chi connectivity index (χ3v) is 3.01. The molecule has 0 saturated carbocycles.